The van der Waals surface area contributed by atoms with Crippen molar-refractivity contribution < 1.29 is 39.8 Å². The highest BCUT2D eigenvalue weighted by Crippen LogP contribution is 2.23. The summed E-state index contributed by atoms with van der Waals surface area (Å²) in [6.07, 6.45) is 39.7. The Balaban J connectivity index is 2.05. The Morgan fingerprint density at radius 3 is 1.51 bits per heavy atom. The van der Waals surface area contributed by atoms with Gasteiger partial charge in [0, 0.05) is 6.42 Å². The van der Waals surface area contributed by atoms with Gasteiger partial charge in [-0.1, -0.05) is 192 Å². The van der Waals surface area contributed by atoms with Gasteiger partial charge in [-0.3, -0.25) is 4.79 Å². The zero-order valence-corrected chi connectivity index (χ0v) is 36.9. The number of rotatable bonds is 40. The van der Waals surface area contributed by atoms with Crippen molar-refractivity contribution in [3.63, 3.8) is 0 Å². The number of carbonyl (C=O) groups is 1. The first kappa shape index (κ1) is 53.7. The van der Waals surface area contributed by atoms with E-state index >= 15 is 0 Å². The van der Waals surface area contributed by atoms with Gasteiger partial charge < -0.3 is 40.3 Å². The van der Waals surface area contributed by atoms with Crippen LogP contribution in [0.15, 0.2) is 24.3 Å². The minimum Gasteiger partial charge on any atom is -0.394 e. The summed E-state index contributed by atoms with van der Waals surface area (Å²) in [6.45, 7) is 3.73. The lowest BCUT2D eigenvalue weighted by Crippen LogP contribution is -2.60. The molecule has 1 amide bonds. The SMILES string of the molecule is CCCCCCC/C=C\C/C=C\CCCCCCCCCCCCCCCCCCCC(=O)NC(COC1OC(CO)C(O)C(O)C1O)C(O)CCCCCCC. The van der Waals surface area contributed by atoms with Gasteiger partial charge in [-0.15, -0.1) is 0 Å². The highest BCUT2D eigenvalue weighted by Gasteiger charge is 2.44. The van der Waals surface area contributed by atoms with Crippen molar-refractivity contribution in [2.75, 3.05) is 13.2 Å². The van der Waals surface area contributed by atoms with E-state index in [4.69, 9.17) is 9.47 Å². The molecule has 0 aromatic rings. The predicted octanol–water partition coefficient (Wildman–Crippen LogP) is 10.3. The smallest absolute Gasteiger partial charge is 0.220 e. The number of amides is 1. The third-order valence-electron chi connectivity index (χ3n) is 11.6. The lowest BCUT2D eigenvalue weighted by Gasteiger charge is -2.40. The Kier molecular flexibility index (Phi) is 36.6. The molecule has 9 heteroatoms. The van der Waals surface area contributed by atoms with Gasteiger partial charge in [0.05, 0.1) is 25.4 Å². The van der Waals surface area contributed by atoms with Gasteiger partial charge in [0.15, 0.2) is 6.29 Å². The van der Waals surface area contributed by atoms with Crippen molar-refractivity contribution >= 4 is 5.91 Å². The standard InChI is InChI=1S/C48H91NO8/c1-3-5-7-9-10-11-12-13-14-15-16-17-18-19-20-21-22-23-24-25-26-27-28-29-30-31-32-34-36-38-44(52)49-41(42(51)37-35-33-8-6-4-2)40-56-48-47(55)46(54)45(53)43(39-50)57-48/h12-13,15-16,41-43,45-48,50-51,53-55H,3-11,14,17-40H2,1-2H3,(H,49,52)/b13-12-,16-15-. The summed E-state index contributed by atoms with van der Waals surface area (Å²) in [5, 5.41) is 53.9. The van der Waals surface area contributed by atoms with E-state index in [0.717, 1.165) is 57.8 Å². The van der Waals surface area contributed by atoms with Crippen molar-refractivity contribution in [2.45, 2.75) is 262 Å². The molecule has 6 N–H and O–H groups in total. The van der Waals surface area contributed by atoms with Crippen molar-refractivity contribution in [2.24, 2.45) is 0 Å². The number of unbranched alkanes of at least 4 members (excludes halogenated alkanes) is 26. The fourth-order valence-corrected chi connectivity index (χ4v) is 7.66. The topological polar surface area (TPSA) is 149 Å². The van der Waals surface area contributed by atoms with Gasteiger partial charge in [-0.25, -0.2) is 0 Å². The lowest BCUT2D eigenvalue weighted by atomic mass is 9.99. The molecule has 1 rings (SSSR count). The van der Waals surface area contributed by atoms with Crippen molar-refractivity contribution in [1.82, 2.24) is 5.32 Å². The van der Waals surface area contributed by atoms with E-state index < -0.39 is 49.5 Å². The summed E-state index contributed by atoms with van der Waals surface area (Å²) in [7, 11) is 0. The molecule has 0 bridgehead atoms. The fourth-order valence-electron chi connectivity index (χ4n) is 7.66. The van der Waals surface area contributed by atoms with Crippen LogP contribution >= 0.6 is 0 Å². The zero-order chi connectivity index (χ0) is 41.6. The van der Waals surface area contributed by atoms with E-state index in [-0.39, 0.29) is 12.5 Å². The Morgan fingerprint density at radius 1 is 0.596 bits per heavy atom. The molecule has 0 saturated carbocycles. The molecule has 9 nitrogen and oxygen atoms in total. The maximum Gasteiger partial charge on any atom is 0.220 e. The Bertz CT molecular complexity index is 945. The monoisotopic (exact) mass is 810 g/mol. The van der Waals surface area contributed by atoms with E-state index in [0.29, 0.717) is 12.8 Å². The van der Waals surface area contributed by atoms with Gasteiger partial charge in [-0.2, -0.15) is 0 Å². The minimum atomic E-state index is -1.55. The van der Waals surface area contributed by atoms with Crippen molar-refractivity contribution in [3.8, 4) is 0 Å². The summed E-state index contributed by atoms with van der Waals surface area (Å²) in [6, 6.07) is -0.712. The normalized spacial score (nSPS) is 21.1. The molecule has 1 saturated heterocycles. The van der Waals surface area contributed by atoms with Crippen LogP contribution in [0.5, 0.6) is 0 Å². The first-order valence-electron chi connectivity index (χ1n) is 24.0. The maximum atomic E-state index is 12.9. The van der Waals surface area contributed by atoms with Crippen LogP contribution in [0.25, 0.3) is 0 Å². The number of hydrogen-bond acceptors (Lipinski definition) is 8. The predicted molar refractivity (Wildman–Crippen MR) is 235 cm³/mol. The average Bonchev–Trinajstić information content (AvgIpc) is 3.21. The Morgan fingerprint density at radius 2 is 1.04 bits per heavy atom. The van der Waals surface area contributed by atoms with E-state index in [1.54, 1.807) is 0 Å². The summed E-state index contributed by atoms with van der Waals surface area (Å²) in [5.41, 5.74) is 0. The summed E-state index contributed by atoms with van der Waals surface area (Å²) in [5.74, 6) is -0.150. The number of allylic oxidation sites excluding steroid dienone is 4. The molecule has 7 unspecified atom stereocenters. The summed E-state index contributed by atoms with van der Waals surface area (Å²) >= 11 is 0. The third-order valence-corrected chi connectivity index (χ3v) is 11.6. The summed E-state index contributed by atoms with van der Waals surface area (Å²) < 4.78 is 11.2. The number of nitrogens with one attached hydrogen (secondary N) is 1. The van der Waals surface area contributed by atoms with Gasteiger partial charge in [-0.05, 0) is 44.9 Å². The molecule has 1 aliphatic heterocycles. The Labute approximate surface area is 349 Å². The second kappa shape index (κ2) is 38.8. The van der Waals surface area contributed by atoms with E-state index in [1.165, 1.54) is 135 Å². The first-order valence-corrected chi connectivity index (χ1v) is 24.0. The minimum absolute atomic E-state index is 0.138. The number of ether oxygens (including phenoxy) is 2. The van der Waals surface area contributed by atoms with Crippen LogP contribution in [-0.2, 0) is 14.3 Å². The largest absolute Gasteiger partial charge is 0.394 e. The van der Waals surface area contributed by atoms with E-state index in [2.05, 4.69) is 43.5 Å². The molecule has 1 heterocycles. The molecule has 0 aliphatic carbocycles. The molecular weight excluding hydrogens is 719 g/mol. The van der Waals surface area contributed by atoms with E-state index in [1.807, 2.05) is 0 Å². The van der Waals surface area contributed by atoms with Crippen LogP contribution in [0, 0.1) is 0 Å². The molecule has 0 radical (unpaired) electrons. The number of carbonyl (C=O) groups excluding carboxylic acids is 1. The molecule has 1 fully saturated rings. The van der Waals surface area contributed by atoms with Crippen LogP contribution in [0.2, 0.25) is 0 Å². The van der Waals surface area contributed by atoms with Crippen molar-refractivity contribution in [3.05, 3.63) is 24.3 Å². The summed E-state index contributed by atoms with van der Waals surface area (Å²) in [4.78, 5) is 12.9. The van der Waals surface area contributed by atoms with Crippen LogP contribution in [-0.4, -0.2) is 87.5 Å². The number of hydrogen-bond donors (Lipinski definition) is 6. The van der Waals surface area contributed by atoms with Crippen LogP contribution in [0.4, 0.5) is 0 Å². The highest BCUT2D eigenvalue weighted by molar-refractivity contribution is 5.76. The zero-order valence-electron chi connectivity index (χ0n) is 36.9. The van der Waals surface area contributed by atoms with E-state index in [9.17, 15) is 30.3 Å². The molecule has 1 aliphatic rings. The molecular formula is C48H91NO8. The molecule has 336 valence electrons. The maximum absolute atomic E-state index is 12.9. The second-order valence-electron chi connectivity index (χ2n) is 16.9. The second-order valence-corrected chi connectivity index (χ2v) is 16.9. The highest BCUT2D eigenvalue weighted by atomic mass is 16.7. The molecule has 0 aromatic heterocycles. The fraction of sp³-hybridized carbons (Fsp3) is 0.896. The molecule has 0 aromatic carbocycles. The number of aliphatic hydroxyl groups excluding tert-OH is 5. The number of aliphatic hydroxyl groups is 5. The van der Waals surface area contributed by atoms with Gasteiger partial charge in [0.25, 0.3) is 0 Å². The van der Waals surface area contributed by atoms with Crippen LogP contribution in [0.3, 0.4) is 0 Å². The quantitative estimate of drug-likeness (QED) is 0.0265. The Hall–Kier alpha value is -1.33. The lowest BCUT2D eigenvalue weighted by molar-refractivity contribution is -0.302. The molecule has 57 heavy (non-hydrogen) atoms. The van der Waals surface area contributed by atoms with Gasteiger partial charge >= 0.3 is 0 Å². The van der Waals surface area contributed by atoms with Gasteiger partial charge in [0.2, 0.25) is 5.91 Å². The third kappa shape index (κ3) is 29.5. The molecule has 0 spiro atoms. The van der Waals surface area contributed by atoms with Crippen LogP contribution in [0.1, 0.15) is 219 Å². The average molecular weight is 810 g/mol. The van der Waals surface area contributed by atoms with Gasteiger partial charge in [0.1, 0.15) is 24.4 Å². The molecule has 7 atom stereocenters. The first-order chi connectivity index (χ1) is 27.8. The van der Waals surface area contributed by atoms with Crippen molar-refractivity contribution in [1.29, 1.82) is 0 Å². The van der Waals surface area contributed by atoms with Crippen LogP contribution < -0.4 is 5.32 Å².